The fourth-order valence-electron chi connectivity index (χ4n) is 2.81. The van der Waals surface area contributed by atoms with Crippen LogP contribution in [0.3, 0.4) is 0 Å². The van der Waals surface area contributed by atoms with Crippen LogP contribution in [0.25, 0.3) is 0 Å². The van der Waals surface area contributed by atoms with Gasteiger partial charge >= 0.3 is 6.16 Å². The van der Waals surface area contributed by atoms with Gasteiger partial charge in [0, 0.05) is 12.8 Å². The van der Waals surface area contributed by atoms with Crippen LogP contribution in [0.15, 0.2) is 24.3 Å². The number of ether oxygens (including phenoxy) is 2. The fraction of sp³-hybridized carbons (Fsp3) is 0.591. The van der Waals surface area contributed by atoms with Gasteiger partial charge < -0.3 is 19.7 Å². The zero-order valence-electron chi connectivity index (χ0n) is 18.2. The van der Waals surface area contributed by atoms with Crippen molar-refractivity contribution in [3.63, 3.8) is 0 Å². The molecule has 0 bridgehead atoms. The summed E-state index contributed by atoms with van der Waals surface area (Å²) < 4.78 is 9.31. The molecular formula is C22H34N2O5. The maximum atomic E-state index is 12.4. The second-order valence-electron chi connectivity index (χ2n) is 7.92. The molecule has 0 heterocycles. The van der Waals surface area contributed by atoms with Gasteiger partial charge in [-0.2, -0.15) is 0 Å². The average Bonchev–Trinajstić information content (AvgIpc) is 2.66. The Balaban J connectivity index is 2.35. The SMILES string of the molecule is COC(=O)OCc1ccc(CCCC(=O)NC(C)(C)C(=O)CCCN(C)C)cc1. The van der Waals surface area contributed by atoms with Crippen molar-refractivity contribution < 1.29 is 23.9 Å². The van der Waals surface area contributed by atoms with E-state index < -0.39 is 11.7 Å². The molecular weight excluding hydrogens is 372 g/mol. The Bertz CT molecular complexity index is 668. The normalized spacial score (nSPS) is 11.2. The van der Waals surface area contributed by atoms with Gasteiger partial charge in [0.05, 0.1) is 12.6 Å². The van der Waals surface area contributed by atoms with E-state index in [-0.39, 0.29) is 18.3 Å². The summed E-state index contributed by atoms with van der Waals surface area (Å²) in [5.74, 6) is -0.0588. The molecule has 1 N–H and O–H groups in total. The standard InChI is InChI=1S/C22H34N2O5/c1-22(2,19(25)9-7-15-24(3)4)23-20(26)10-6-8-17-11-13-18(14-12-17)16-29-21(27)28-5/h11-14H,6-10,15-16H2,1-5H3,(H,23,26). The van der Waals surface area contributed by atoms with Crippen LogP contribution in [0.1, 0.15) is 50.7 Å². The number of nitrogens with one attached hydrogen (secondary N) is 1. The Morgan fingerprint density at radius 3 is 2.21 bits per heavy atom. The van der Waals surface area contributed by atoms with Crippen LogP contribution in [0.5, 0.6) is 0 Å². The Hall–Kier alpha value is -2.41. The van der Waals surface area contributed by atoms with Crippen LogP contribution in [0, 0.1) is 0 Å². The van der Waals surface area contributed by atoms with Gasteiger partial charge in [0.2, 0.25) is 5.91 Å². The lowest BCUT2D eigenvalue weighted by Gasteiger charge is -2.25. The van der Waals surface area contributed by atoms with Crippen LogP contribution in [0.2, 0.25) is 0 Å². The van der Waals surface area contributed by atoms with E-state index in [9.17, 15) is 14.4 Å². The summed E-state index contributed by atoms with van der Waals surface area (Å²) in [5, 5.41) is 2.86. The van der Waals surface area contributed by atoms with Crippen LogP contribution in [-0.4, -0.2) is 56.0 Å². The average molecular weight is 407 g/mol. The smallest absolute Gasteiger partial charge is 0.438 e. The molecule has 7 nitrogen and oxygen atoms in total. The number of aryl methyl sites for hydroxylation is 1. The lowest BCUT2D eigenvalue weighted by atomic mass is 9.95. The number of rotatable bonds is 12. The van der Waals surface area contributed by atoms with Gasteiger partial charge in [-0.05, 0) is 64.9 Å². The van der Waals surface area contributed by atoms with Crippen molar-refractivity contribution in [1.29, 1.82) is 0 Å². The second-order valence-corrected chi connectivity index (χ2v) is 7.92. The highest BCUT2D eigenvalue weighted by Crippen LogP contribution is 2.12. The van der Waals surface area contributed by atoms with E-state index in [0.717, 1.165) is 30.5 Å². The number of methoxy groups -OCH3 is 1. The summed E-state index contributed by atoms with van der Waals surface area (Å²) in [5.41, 5.74) is 1.12. The van der Waals surface area contributed by atoms with E-state index in [1.54, 1.807) is 13.8 Å². The topological polar surface area (TPSA) is 84.9 Å². The van der Waals surface area contributed by atoms with Gasteiger partial charge in [0.1, 0.15) is 6.61 Å². The molecule has 1 rings (SSSR count). The summed E-state index contributed by atoms with van der Waals surface area (Å²) in [6.45, 7) is 4.53. The highest BCUT2D eigenvalue weighted by atomic mass is 16.7. The van der Waals surface area contributed by atoms with E-state index in [2.05, 4.69) is 10.1 Å². The predicted octanol–water partition coefficient (Wildman–Crippen LogP) is 3.10. The molecule has 1 amide bonds. The van der Waals surface area contributed by atoms with Gasteiger partial charge in [0.25, 0.3) is 0 Å². The Morgan fingerprint density at radius 2 is 1.62 bits per heavy atom. The van der Waals surface area contributed by atoms with Gasteiger partial charge in [0.15, 0.2) is 5.78 Å². The summed E-state index contributed by atoms with van der Waals surface area (Å²) in [4.78, 5) is 37.6. The molecule has 0 aliphatic heterocycles. The first kappa shape index (κ1) is 24.6. The van der Waals surface area contributed by atoms with Gasteiger partial charge in [-0.1, -0.05) is 24.3 Å². The summed E-state index contributed by atoms with van der Waals surface area (Å²) in [7, 11) is 5.21. The van der Waals surface area contributed by atoms with E-state index >= 15 is 0 Å². The fourth-order valence-corrected chi connectivity index (χ4v) is 2.81. The number of benzene rings is 1. The molecule has 0 saturated heterocycles. The number of carbonyl (C=O) groups excluding carboxylic acids is 3. The number of hydrogen-bond donors (Lipinski definition) is 1. The highest BCUT2D eigenvalue weighted by Gasteiger charge is 2.28. The number of Topliss-reactive ketones (excluding diaryl/α,β-unsaturated/α-hetero) is 1. The minimum Gasteiger partial charge on any atom is -0.438 e. The van der Waals surface area contributed by atoms with E-state index in [1.165, 1.54) is 7.11 Å². The zero-order chi connectivity index (χ0) is 21.9. The second kappa shape index (κ2) is 12.2. The van der Waals surface area contributed by atoms with Crippen LogP contribution in [-0.2, 0) is 32.1 Å². The molecule has 162 valence electrons. The quantitative estimate of drug-likeness (QED) is 0.537. The molecule has 0 unspecified atom stereocenters. The molecule has 0 radical (unpaired) electrons. The first-order valence-corrected chi connectivity index (χ1v) is 9.91. The Kier molecular flexibility index (Phi) is 10.4. The van der Waals surface area contributed by atoms with Crippen molar-refractivity contribution in [2.75, 3.05) is 27.7 Å². The summed E-state index contributed by atoms with van der Waals surface area (Å²) >= 11 is 0. The van der Waals surface area contributed by atoms with Gasteiger partial charge in [-0.3, -0.25) is 9.59 Å². The number of hydrogen-bond acceptors (Lipinski definition) is 6. The third-order valence-electron chi connectivity index (χ3n) is 4.57. The van der Waals surface area contributed by atoms with Crippen molar-refractivity contribution in [2.24, 2.45) is 0 Å². The third-order valence-corrected chi connectivity index (χ3v) is 4.57. The van der Waals surface area contributed by atoms with Crippen molar-refractivity contribution >= 4 is 17.8 Å². The minimum absolute atomic E-state index is 0.0532. The maximum absolute atomic E-state index is 12.4. The summed E-state index contributed by atoms with van der Waals surface area (Å²) in [6, 6.07) is 7.67. The third kappa shape index (κ3) is 10.1. The molecule has 1 aromatic rings. The van der Waals surface area contributed by atoms with E-state index in [0.29, 0.717) is 19.3 Å². The first-order chi connectivity index (χ1) is 13.6. The molecule has 0 saturated carbocycles. The maximum Gasteiger partial charge on any atom is 0.508 e. The Labute approximate surface area is 173 Å². The van der Waals surface area contributed by atoms with E-state index in [1.807, 2.05) is 43.3 Å². The molecule has 0 atom stereocenters. The number of ketones is 1. The van der Waals surface area contributed by atoms with Gasteiger partial charge in [-0.15, -0.1) is 0 Å². The summed E-state index contributed by atoms with van der Waals surface area (Å²) in [6.07, 6.45) is 2.33. The van der Waals surface area contributed by atoms with Gasteiger partial charge in [-0.25, -0.2) is 4.79 Å². The molecule has 0 aliphatic carbocycles. The molecule has 0 spiro atoms. The highest BCUT2D eigenvalue weighted by molar-refractivity contribution is 5.92. The van der Waals surface area contributed by atoms with Crippen molar-refractivity contribution in [3.05, 3.63) is 35.4 Å². The van der Waals surface area contributed by atoms with E-state index in [4.69, 9.17) is 4.74 Å². The predicted molar refractivity (Wildman–Crippen MR) is 112 cm³/mol. The van der Waals surface area contributed by atoms with Crippen LogP contribution in [0.4, 0.5) is 4.79 Å². The Morgan fingerprint density at radius 1 is 1.00 bits per heavy atom. The van der Waals surface area contributed by atoms with Crippen molar-refractivity contribution in [2.45, 2.75) is 58.1 Å². The lowest BCUT2D eigenvalue weighted by molar-refractivity contribution is -0.131. The lowest BCUT2D eigenvalue weighted by Crippen LogP contribution is -2.49. The largest absolute Gasteiger partial charge is 0.508 e. The molecule has 29 heavy (non-hydrogen) atoms. The molecule has 0 aromatic heterocycles. The van der Waals surface area contributed by atoms with Crippen molar-refractivity contribution in [3.8, 4) is 0 Å². The zero-order valence-corrected chi connectivity index (χ0v) is 18.2. The molecule has 7 heteroatoms. The number of nitrogens with zero attached hydrogens (tertiary/aromatic N) is 1. The molecule has 0 fully saturated rings. The molecule has 0 aliphatic rings. The minimum atomic E-state index is -0.843. The van der Waals surface area contributed by atoms with Crippen molar-refractivity contribution in [1.82, 2.24) is 10.2 Å². The monoisotopic (exact) mass is 406 g/mol. The number of amides is 1. The first-order valence-electron chi connectivity index (χ1n) is 9.91. The number of carbonyl (C=O) groups is 3. The van der Waals surface area contributed by atoms with Crippen LogP contribution >= 0.6 is 0 Å². The van der Waals surface area contributed by atoms with Crippen LogP contribution < -0.4 is 5.32 Å². The molecule has 1 aromatic carbocycles.